The van der Waals surface area contributed by atoms with Crippen LogP contribution < -0.4 is 5.73 Å². The Hall–Kier alpha value is -3.70. The summed E-state index contributed by atoms with van der Waals surface area (Å²) in [6.45, 7) is 0.501. The molecule has 0 saturated carbocycles. The van der Waals surface area contributed by atoms with Gasteiger partial charge < -0.3 is 5.73 Å². The number of hydrogen-bond acceptors (Lipinski definition) is 9. The summed E-state index contributed by atoms with van der Waals surface area (Å²) in [5.41, 5.74) is 8.60. The molecule has 164 valence electrons. The van der Waals surface area contributed by atoms with Gasteiger partial charge in [-0.1, -0.05) is 59.5 Å². The van der Waals surface area contributed by atoms with E-state index in [4.69, 9.17) is 18.0 Å². The lowest BCUT2D eigenvalue weighted by atomic mass is 10.1. The third kappa shape index (κ3) is 4.45. The molecule has 0 unspecified atom stereocenters. The molecular formula is C22H18N8OS2. The van der Waals surface area contributed by atoms with Crippen molar-refractivity contribution in [1.82, 2.24) is 35.5 Å². The lowest BCUT2D eigenvalue weighted by molar-refractivity contribution is -0.122. The number of carbonyl (C=O) groups is 1. The number of H-pyrrole nitrogens is 1. The van der Waals surface area contributed by atoms with Gasteiger partial charge in [-0.05, 0) is 36.3 Å². The van der Waals surface area contributed by atoms with E-state index in [-0.39, 0.29) is 5.91 Å². The number of amides is 1. The van der Waals surface area contributed by atoms with Gasteiger partial charge in [0, 0.05) is 23.9 Å². The summed E-state index contributed by atoms with van der Waals surface area (Å²) in [5, 5.41) is 14.6. The number of thiocarbonyl (C=S) groups is 1. The molecule has 1 fully saturated rings. The van der Waals surface area contributed by atoms with E-state index < -0.39 is 0 Å². The molecule has 2 aromatic heterocycles. The Bertz CT molecular complexity index is 1390. The minimum atomic E-state index is -0.102. The van der Waals surface area contributed by atoms with E-state index in [2.05, 4.69) is 30.6 Å². The smallest absolute Gasteiger partial charge is 0.266 e. The molecule has 5 rings (SSSR count). The van der Waals surface area contributed by atoms with Crippen LogP contribution in [0.2, 0.25) is 0 Å². The molecule has 11 heteroatoms. The van der Waals surface area contributed by atoms with Crippen molar-refractivity contribution in [1.29, 1.82) is 0 Å². The highest BCUT2D eigenvalue weighted by atomic mass is 32.2. The van der Waals surface area contributed by atoms with Crippen LogP contribution in [0.15, 0.2) is 53.4 Å². The minimum Gasteiger partial charge on any atom is -0.383 e. The van der Waals surface area contributed by atoms with Crippen LogP contribution in [-0.4, -0.2) is 52.3 Å². The number of aromatic nitrogens is 6. The number of thioether (sulfide) groups is 1. The molecule has 4 aromatic rings. The fourth-order valence-corrected chi connectivity index (χ4v) is 4.83. The summed E-state index contributed by atoms with van der Waals surface area (Å²) in [5.74, 6) is 1.48. The highest BCUT2D eigenvalue weighted by Gasteiger charge is 2.31. The second-order valence-electron chi connectivity index (χ2n) is 7.34. The van der Waals surface area contributed by atoms with Crippen molar-refractivity contribution in [3.05, 3.63) is 64.8 Å². The van der Waals surface area contributed by atoms with Gasteiger partial charge in [0.05, 0.1) is 10.4 Å². The van der Waals surface area contributed by atoms with Crippen molar-refractivity contribution >= 4 is 57.0 Å². The fourth-order valence-electron chi connectivity index (χ4n) is 3.53. The first-order valence-electron chi connectivity index (χ1n) is 10.2. The van der Waals surface area contributed by atoms with Crippen molar-refractivity contribution in [3.8, 4) is 11.4 Å². The Labute approximate surface area is 198 Å². The predicted molar refractivity (Wildman–Crippen MR) is 132 cm³/mol. The summed E-state index contributed by atoms with van der Waals surface area (Å²) in [7, 11) is 0. The largest absolute Gasteiger partial charge is 0.383 e. The molecule has 1 amide bonds. The predicted octanol–water partition coefficient (Wildman–Crippen LogP) is 3.23. The van der Waals surface area contributed by atoms with Gasteiger partial charge in [0.25, 0.3) is 5.91 Å². The van der Waals surface area contributed by atoms with E-state index >= 15 is 0 Å². The molecule has 0 bridgehead atoms. The van der Waals surface area contributed by atoms with Crippen LogP contribution in [0.1, 0.15) is 17.8 Å². The van der Waals surface area contributed by atoms with Gasteiger partial charge >= 0.3 is 0 Å². The number of nitrogens with two attached hydrogens (primary N) is 1. The van der Waals surface area contributed by atoms with Gasteiger partial charge in [0.2, 0.25) is 0 Å². The van der Waals surface area contributed by atoms with Crippen molar-refractivity contribution < 1.29 is 4.79 Å². The monoisotopic (exact) mass is 474 g/mol. The maximum Gasteiger partial charge on any atom is 0.266 e. The van der Waals surface area contributed by atoms with Crippen molar-refractivity contribution in [2.24, 2.45) is 0 Å². The average Bonchev–Trinajstić information content (AvgIpc) is 3.43. The lowest BCUT2D eigenvalue weighted by Crippen LogP contribution is -2.29. The number of nitrogen functional groups attached to an aromatic ring is 1. The summed E-state index contributed by atoms with van der Waals surface area (Å²) in [6.07, 6.45) is 3.14. The molecule has 9 nitrogen and oxygen atoms in total. The number of benzene rings is 2. The number of nitrogens with zero attached hydrogens (tertiary/aromatic N) is 6. The van der Waals surface area contributed by atoms with Crippen LogP contribution >= 0.6 is 24.0 Å². The normalized spacial score (nSPS) is 15.2. The first kappa shape index (κ1) is 21.2. The van der Waals surface area contributed by atoms with Crippen LogP contribution in [0.25, 0.3) is 28.4 Å². The zero-order valence-electron chi connectivity index (χ0n) is 17.3. The Morgan fingerprint density at radius 3 is 2.88 bits per heavy atom. The molecule has 3 N–H and O–H groups in total. The maximum atomic E-state index is 12.9. The molecule has 1 aliphatic heterocycles. The third-order valence-electron chi connectivity index (χ3n) is 5.12. The molecular weight excluding hydrogens is 456 g/mol. The number of tetrazole rings is 1. The first-order valence-corrected chi connectivity index (χ1v) is 11.4. The van der Waals surface area contributed by atoms with Gasteiger partial charge in [-0.15, -0.1) is 10.2 Å². The third-order valence-corrected chi connectivity index (χ3v) is 6.50. The Morgan fingerprint density at radius 2 is 2.03 bits per heavy atom. The summed E-state index contributed by atoms with van der Waals surface area (Å²) < 4.78 is 0.543. The maximum absolute atomic E-state index is 12.9. The van der Waals surface area contributed by atoms with E-state index in [1.807, 2.05) is 54.6 Å². The Morgan fingerprint density at radius 1 is 1.15 bits per heavy atom. The number of carbonyl (C=O) groups excluding carboxylic acids is 1. The van der Waals surface area contributed by atoms with Crippen LogP contribution in [0, 0.1) is 0 Å². The van der Waals surface area contributed by atoms with Gasteiger partial charge in [0.15, 0.2) is 11.6 Å². The van der Waals surface area contributed by atoms with Gasteiger partial charge in [-0.2, -0.15) is 5.21 Å². The van der Waals surface area contributed by atoms with E-state index in [9.17, 15) is 4.79 Å². The SMILES string of the molecule is Nc1nc(-c2cccc(C=C3SC(=S)N(CCCc4nn[nH]n4)C3=O)c2)nc2ccccc12. The summed E-state index contributed by atoms with van der Waals surface area (Å²) in [6, 6.07) is 15.3. The first-order chi connectivity index (χ1) is 16.1. The highest BCUT2D eigenvalue weighted by Crippen LogP contribution is 2.33. The molecule has 3 heterocycles. The van der Waals surface area contributed by atoms with Gasteiger partial charge in [-0.3, -0.25) is 9.69 Å². The number of aryl methyl sites for hydroxylation is 1. The van der Waals surface area contributed by atoms with Crippen LogP contribution in [0.4, 0.5) is 5.82 Å². The number of fused-ring (bicyclic) bond motifs is 1. The van der Waals surface area contributed by atoms with Crippen LogP contribution in [0.3, 0.4) is 0 Å². The minimum absolute atomic E-state index is 0.102. The standard InChI is InChI=1S/C22H18N8OS2/c23-19-15-7-1-2-8-16(15)24-20(25-19)14-6-3-5-13(11-14)12-17-21(31)30(22(32)33-17)10-4-9-18-26-28-29-27-18/h1-3,5-8,11-12H,4,9-10H2,(H2,23,24,25)(H,26,27,28,29). The van der Waals surface area contributed by atoms with Crippen molar-refractivity contribution in [2.75, 3.05) is 12.3 Å². The molecule has 1 aliphatic rings. The molecule has 0 aliphatic carbocycles. The van der Waals surface area contributed by atoms with Crippen LogP contribution in [0.5, 0.6) is 0 Å². The van der Waals surface area contributed by atoms with Gasteiger partial charge in [0.1, 0.15) is 10.1 Å². The van der Waals surface area contributed by atoms with Crippen molar-refractivity contribution in [2.45, 2.75) is 12.8 Å². The molecule has 2 aromatic carbocycles. The number of hydrogen-bond donors (Lipinski definition) is 2. The second kappa shape index (κ2) is 9.04. The number of anilines is 1. The molecule has 0 radical (unpaired) electrons. The zero-order valence-corrected chi connectivity index (χ0v) is 18.9. The highest BCUT2D eigenvalue weighted by molar-refractivity contribution is 8.26. The fraction of sp³-hybridized carbons (Fsp3) is 0.136. The second-order valence-corrected chi connectivity index (χ2v) is 9.02. The van der Waals surface area contributed by atoms with Crippen LogP contribution in [-0.2, 0) is 11.2 Å². The van der Waals surface area contributed by atoms with E-state index in [1.54, 1.807) is 4.90 Å². The number of aromatic amines is 1. The summed E-state index contributed by atoms with van der Waals surface area (Å²) in [4.78, 5) is 24.2. The molecule has 1 saturated heterocycles. The topological polar surface area (TPSA) is 127 Å². The Kier molecular flexibility index (Phi) is 5.80. The van der Waals surface area contributed by atoms with E-state index in [0.717, 1.165) is 22.0 Å². The number of nitrogens with one attached hydrogen (secondary N) is 1. The van der Waals surface area contributed by atoms with E-state index in [1.165, 1.54) is 11.8 Å². The summed E-state index contributed by atoms with van der Waals surface area (Å²) >= 11 is 6.73. The molecule has 0 atom stereocenters. The quantitative estimate of drug-likeness (QED) is 0.320. The van der Waals surface area contributed by atoms with Crippen molar-refractivity contribution in [3.63, 3.8) is 0 Å². The average molecular weight is 475 g/mol. The van der Waals surface area contributed by atoms with E-state index in [0.29, 0.717) is 46.1 Å². The number of rotatable bonds is 6. The Balaban J connectivity index is 1.35. The van der Waals surface area contributed by atoms with Gasteiger partial charge in [-0.25, -0.2) is 9.97 Å². The molecule has 0 spiro atoms. The number of para-hydroxylation sites is 1. The zero-order chi connectivity index (χ0) is 22.8. The molecule has 33 heavy (non-hydrogen) atoms. The lowest BCUT2D eigenvalue weighted by Gasteiger charge is -2.13.